The number of nitrogens with zero attached hydrogens (tertiary/aromatic N) is 1. The van der Waals surface area contributed by atoms with E-state index in [0.717, 1.165) is 5.56 Å². The van der Waals surface area contributed by atoms with Crippen LogP contribution in [-0.4, -0.2) is 10.9 Å². The Bertz CT molecular complexity index is 340. The second kappa shape index (κ2) is 5.33. The van der Waals surface area contributed by atoms with Crippen LogP contribution < -0.4 is 5.32 Å². The minimum absolute atomic E-state index is 0.305. The lowest BCUT2D eigenvalue weighted by atomic mass is 10.3. The van der Waals surface area contributed by atoms with Gasteiger partial charge in [0.05, 0.1) is 0 Å². The number of hydrogen-bond acceptors (Lipinski definition) is 2. The smallest absolute Gasteiger partial charge is 0.297 e. The minimum atomic E-state index is -0.305. The molecule has 0 aromatic carbocycles. The van der Waals surface area contributed by atoms with Crippen LogP contribution in [0.1, 0.15) is 5.56 Å². The van der Waals surface area contributed by atoms with Gasteiger partial charge in [0, 0.05) is 40.8 Å². The fourth-order valence-electron chi connectivity index (χ4n) is 0.772. The fourth-order valence-corrected chi connectivity index (χ4v) is 0.952. The van der Waals surface area contributed by atoms with Crippen molar-refractivity contribution in [2.24, 2.45) is 0 Å². The normalized spacial score (nSPS) is 8.38. The summed E-state index contributed by atoms with van der Waals surface area (Å²) in [6.45, 7) is 0.453. The molecule has 0 saturated carbocycles. The molecule has 1 N–H and O–H groups in total. The molecule has 1 rings (SSSR count). The first kappa shape index (κ1) is 9.75. The lowest BCUT2D eigenvalue weighted by molar-refractivity contribution is -0.115. The van der Waals surface area contributed by atoms with Gasteiger partial charge in [0.1, 0.15) is 0 Å². The molecule has 13 heavy (non-hydrogen) atoms. The Morgan fingerprint density at radius 3 is 3.15 bits per heavy atom. The van der Waals surface area contributed by atoms with Crippen molar-refractivity contribution in [3.05, 3.63) is 30.1 Å². The van der Waals surface area contributed by atoms with Crippen molar-refractivity contribution in [2.75, 3.05) is 0 Å². The second-order valence-corrected chi connectivity index (χ2v) is 2.66. The highest BCUT2D eigenvalue weighted by atomic mass is 79.9. The van der Waals surface area contributed by atoms with Gasteiger partial charge in [-0.2, -0.15) is 0 Å². The first-order valence-corrected chi connectivity index (χ1v) is 4.40. The zero-order chi connectivity index (χ0) is 9.52. The molecule has 0 atom stereocenters. The van der Waals surface area contributed by atoms with E-state index >= 15 is 0 Å². The largest absolute Gasteiger partial charge is 0.341 e. The lowest BCUT2D eigenvalue weighted by Gasteiger charge is -1.99. The third kappa shape index (κ3) is 3.72. The summed E-state index contributed by atoms with van der Waals surface area (Å²) in [7, 11) is 0. The van der Waals surface area contributed by atoms with E-state index < -0.39 is 0 Å². The van der Waals surface area contributed by atoms with Crippen LogP contribution in [0, 0.1) is 10.8 Å². The van der Waals surface area contributed by atoms with Crippen LogP contribution in [0.5, 0.6) is 0 Å². The Morgan fingerprint density at radius 2 is 2.54 bits per heavy atom. The van der Waals surface area contributed by atoms with Crippen LogP contribution in [0.4, 0.5) is 0 Å². The molecule has 0 unspecified atom stereocenters. The number of amides is 1. The molecule has 1 heterocycles. The summed E-state index contributed by atoms with van der Waals surface area (Å²) in [5, 5.41) is 2.62. The van der Waals surface area contributed by atoms with E-state index in [2.05, 4.69) is 37.0 Å². The number of pyridine rings is 1. The van der Waals surface area contributed by atoms with E-state index in [4.69, 9.17) is 0 Å². The highest BCUT2D eigenvalue weighted by molar-refractivity contribution is 9.12. The zero-order valence-electron chi connectivity index (χ0n) is 6.75. The number of aromatic nitrogens is 1. The van der Waals surface area contributed by atoms with Crippen LogP contribution in [0.3, 0.4) is 0 Å². The van der Waals surface area contributed by atoms with E-state index in [0.29, 0.717) is 6.54 Å². The van der Waals surface area contributed by atoms with Gasteiger partial charge in [-0.15, -0.1) is 0 Å². The molecule has 66 valence electrons. The molecular weight excluding hydrogens is 232 g/mol. The third-order valence-corrected chi connectivity index (χ3v) is 1.53. The summed E-state index contributed by atoms with van der Waals surface area (Å²) in [6.07, 6.45) is 3.38. The molecular formula is C9H7BrN2O. The molecule has 0 aliphatic heterocycles. The van der Waals surface area contributed by atoms with Crippen molar-refractivity contribution in [3.63, 3.8) is 0 Å². The average Bonchev–Trinajstić information content (AvgIpc) is 2.17. The van der Waals surface area contributed by atoms with Crippen LogP contribution in [0.25, 0.3) is 0 Å². The number of carbonyl (C=O) groups excluding carboxylic acids is 1. The summed E-state index contributed by atoms with van der Waals surface area (Å²) in [6, 6.07) is 3.70. The van der Waals surface area contributed by atoms with Crippen LogP contribution in [0.2, 0.25) is 0 Å². The van der Waals surface area contributed by atoms with Gasteiger partial charge in [-0.1, -0.05) is 6.07 Å². The summed E-state index contributed by atoms with van der Waals surface area (Å²) in [5.41, 5.74) is 0.951. The van der Waals surface area contributed by atoms with Crippen molar-refractivity contribution in [2.45, 2.75) is 6.54 Å². The standard InChI is InChI=1S/C9H7BrN2O/c10-4-3-9(13)12-7-8-2-1-5-11-6-8/h1-2,5-6H,7H2,(H,12,13). The van der Waals surface area contributed by atoms with Crippen molar-refractivity contribution in [1.29, 1.82) is 0 Å². The Balaban J connectivity index is 2.43. The average molecular weight is 239 g/mol. The molecule has 1 amide bonds. The maximum Gasteiger partial charge on any atom is 0.297 e. The molecule has 1 aromatic heterocycles. The summed E-state index contributed by atoms with van der Waals surface area (Å²) >= 11 is 2.84. The quantitative estimate of drug-likeness (QED) is 0.784. The van der Waals surface area contributed by atoms with Gasteiger partial charge < -0.3 is 5.32 Å². The minimum Gasteiger partial charge on any atom is -0.341 e. The van der Waals surface area contributed by atoms with E-state index in [9.17, 15) is 4.79 Å². The predicted molar refractivity (Wildman–Crippen MR) is 52.8 cm³/mol. The number of halogens is 1. The van der Waals surface area contributed by atoms with E-state index in [1.165, 1.54) is 0 Å². The SMILES string of the molecule is O=C(C#CBr)NCc1cccnc1. The molecule has 0 fully saturated rings. The van der Waals surface area contributed by atoms with Gasteiger partial charge in [-0.25, -0.2) is 0 Å². The highest BCUT2D eigenvalue weighted by Crippen LogP contribution is 1.93. The second-order valence-electron chi connectivity index (χ2n) is 2.26. The van der Waals surface area contributed by atoms with E-state index in [-0.39, 0.29) is 5.91 Å². The monoisotopic (exact) mass is 238 g/mol. The molecule has 4 heteroatoms. The van der Waals surface area contributed by atoms with Gasteiger partial charge in [-0.3, -0.25) is 9.78 Å². The van der Waals surface area contributed by atoms with E-state index in [1.54, 1.807) is 12.4 Å². The number of nitrogens with one attached hydrogen (secondary N) is 1. The fraction of sp³-hybridized carbons (Fsp3) is 0.111. The summed E-state index contributed by atoms with van der Waals surface area (Å²) < 4.78 is 0. The van der Waals surface area contributed by atoms with Crippen molar-refractivity contribution >= 4 is 21.8 Å². The van der Waals surface area contributed by atoms with Gasteiger partial charge >= 0.3 is 0 Å². The van der Waals surface area contributed by atoms with Gasteiger partial charge in [0.2, 0.25) is 0 Å². The maximum absolute atomic E-state index is 10.9. The molecule has 3 nitrogen and oxygen atoms in total. The number of rotatable bonds is 2. The molecule has 0 bridgehead atoms. The molecule has 0 radical (unpaired) electrons. The van der Waals surface area contributed by atoms with Crippen LogP contribution >= 0.6 is 15.9 Å². The number of hydrogen-bond donors (Lipinski definition) is 1. The lowest BCUT2D eigenvalue weighted by Crippen LogP contribution is -2.20. The highest BCUT2D eigenvalue weighted by Gasteiger charge is 1.95. The Hall–Kier alpha value is -1.34. The Kier molecular flexibility index (Phi) is 4.00. The van der Waals surface area contributed by atoms with Gasteiger partial charge in [-0.05, 0) is 16.5 Å². The molecule has 0 aliphatic carbocycles. The van der Waals surface area contributed by atoms with E-state index in [1.807, 2.05) is 12.1 Å². The van der Waals surface area contributed by atoms with Crippen molar-refractivity contribution < 1.29 is 4.79 Å². The number of carbonyl (C=O) groups is 1. The molecule has 0 saturated heterocycles. The first-order chi connectivity index (χ1) is 6.33. The molecule has 0 aliphatic rings. The summed E-state index contributed by atoms with van der Waals surface area (Å²) in [4.78, 5) is 17.1. The molecule has 0 spiro atoms. The topological polar surface area (TPSA) is 42.0 Å². The summed E-state index contributed by atoms with van der Waals surface area (Å²) in [5.74, 6) is 2.01. The van der Waals surface area contributed by atoms with Gasteiger partial charge in [0.15, 0.2) is 0 Å². The van der Waals surface area contributed by atoms with Gasteiger partial charge in [0.25, 0.3) is 5.91 Å². The Morgan fingerprint density at radius 1 is 1.69 bits per heavy atom. The Labute approximate surface area is 84.7 Å². The molecule has 1 aromatic rings. The van der Waals surface area contributed by atoms with Crippen molar-refractivity contribution in [1.82, 2.24) is 10.3 Å². The first-order valence-electron chi connectivity index (χ1n) is 3.61. The zero-order valence-corrected chi connectivity index (χ0v) is 8.34. The third-order valence-electron chi connectivity index (χ3n) is 1.34. The van der Waals surface area contributed by atoms with Crippen LogP contribution in [-0.2, 0) is 11.3 Å². The predicted octanol–water partition coefficient (Wildman–Crippen LogP) is 1.05. The maximum atomic E-state index is 10.9. The van der Waals surface area contributed by atoms with Crippen molar-refractivity contribution in [3.8, 4) is 10.8 Å². The van der Waals surface area contributed by atoms with Crippen LogP contribution in [0.15, 0.2) is 24.5 Å².